The van der Waals surface area contributed by atoms with Gasteiger partial charge in [0, 0.05) is 25.2 Å². The number of hydrogen-bond acceptors (Lipinski definition) is 3. The van der Waals surface area contributed by atoms with Crippen molar-refractivity contribution in [1.29, 1.82) is 0 Å². The van der Waals surface area contributed by atoms with Gasteiger partial charge in [-0.25, -0.2) is 9.18 Å². The Morgan fingerprint density at radius 2 is 1.93 bits per heavy atom. The zero-order valence-corrected chi connectivity index (χ0v) is 17.6. The van der Waals surface area contributed by atoms with Gasteiger partial charge in [0.05, 0.1) is 23.3 Å². The summed E-state index contributed by atoms with van der Waals surface area (Å²) in [5.74, 6) is -0.722. The summed E-state index contributed by atoms with van der Waals surface area (Å²) in [6.45, 7) is 4.45. The van der Waals surface area contributed by atoms with E-state index in [2.05, 4.69) is 0 Å². The Kier molecular flexibility index (Phi) is 4.94. The minimum atomic E-state index is -0.457. The van der Waals surface area contributed by atoms with E-state index in [0.717, 1.165) is 10.1 Å². The molecule has 1 aliphatic rings. The third-order valence-electron chi connectivity index (χ3n) is 5.46. The number of amides is 1. The van der Waals surface area contributed by atoms with Gasteiger partial charge in [0.25, 0.3) is 5.91 Å². The van der Waals surface area contributed by atoms with Crippen LogP contribution in [0.5, 0.6) is 5.88 Å². The first kappa shape index (κ1) is 20.2. The van der Waals surface area contributed by atoms with Crippen molar-refractivity contribution < 1.29 is 14.3 Å². The predicted octanol–water partition coefficient (Wildman–Crippen LogP) is 3.76. The first-order valence-electron chi connectivity index (χ1n) is 9.54. The number of rotatable bonds is 4. The molecule has 8 heteroatoms. The number of halogens is 2. The van der Waals surface area contributed by atoms with Crippen LogP contribution in [-0.4, -0.2) is 31.1 Å². The van der Waals surface area contributed by atoms with Gasteiger partial charge in [0.15, 0.2) is 0 Å². The minimum Gasteiger partial charge on any atom is -0.493 e. The van der Waals surface area contributed by atoms with Gasteiger partial charge < -0.3 is 10.0 Å². The normalized spacial score (nSPS) is 13.4. The second-order valence-electron chi connectivity index (χ2n) is 7.79. The molecule has 0 radical (unpaired) electrons. The van der Waals surface area contributed by atoms with Crippen LogP contribution in [0.1, 0.15) is 35.3 Å². The van der Waals surface area contributed by atoms with Crippen LogP contribution in [0, 0.1) is 5.82 Å². The Morgan fingerprint density at radius 3 is 2.53 bits per heavy atom. The summed E-state index contributed by atoms with van der Waals surface area (Å²) < 4.78 is 17.3. The standard InChI is InChI=1S/C22H21ClFN3O3/c1-12(2)27-10-15-7-14(8-17(23)20(15)21(27)29)16-5-4-13(6-18(16)24)9-26-11-19(28)25(3)22(26)30/h4-8,11-12,28H,9-10H2,1-3H3. The van der Waals surface area contributed by atoms with Gasteiger partial charge in [-0.2, -0.15) is 0 Å². The van der Waals surface area contributed by atoms with Crippen molar-refractivity contribution in [3.8, 4) is 17.0 Å². The fourth-order valence-electron chi connectivity index (χ4n) is 3.77. The summed E-state index contributed by atoms with van der Waals surface area (Å²) >= 11 is 6.38. The number of benzene rings is 2. The molecule has 1 aliphatic heterocycles. The topological polar surface area (TPSA) is 67.5 Å². The molecule has 30 heavy (non-hydrogen) atoms. The molecule has 6 nitrogen and oxygen atoms in total. The van der Waals surface area contributed by atoms with E-state index < -0.39 is 5.82 Å². The lowest BCUT2D eigenvalue weighted by Gasteiger charge is -2.19. The van der Waals surface area contributed by atoms with Crippen molar-refractivity contribution in [2.45, 2.75) is 33.0 Å². The average molecular weight is 430 g/mol. The summed E-state index contributed by atoms with van der Waals surface area (Å²) in [6, 6.07) is 8.17. The summed E-state index contributed by atoms with van der Waals surface area (Å²) in [4.78, 5) is 26.3. The summed E-state index contributed by atoms with van der Waals surface area (Å²) in [5, 5.41) is 9.96. The van der Waals surface area contributed by atoms with E-state index in [9.17, 15) is 19.1 Å². The lowest BCUT2D eigenvalue weighted by molar-refractivity contribution is 0.0731. The molecule has 0 saturated heterocycles. The molecule has 2 aromatic carbocycles. The smallest absolute Gasteiger partial charge is 0.331 e. The zero-order valence-electron chi connectivity index (χ0n) is 16.8. The summed E-state index contributed by atoms with van der Waals surface area (Å²) in [7, 11) is 1.46. The Hall–Kier alpha value is -3.06. The molecular formula is C22H21ClFN3O3. The number of hydrogen-bond donors (Lipinski definition) is 1. The van der Waals surface area contributed by atoms with Crippen LogP contribution in [0.25, 0.3) is 11.1 Å². The molecule has 3 aromatic rings. The maximum absolute atomic E-state index is 14.9. The molecule has 0 aliphatic carbocycles. The molecule has 1 N–H and O–H groups in total. The molecule has 2 heterocycles. The third-order valence-corrected chi connectivity index (χ3v) is 5.75. The molecule has 0 unspecified atom stereocenters. The van der Waals surface area contributed by atoms with E-state index in [0.29, 0.717) is 33.8 Å². The molecule has 0 saturated carbocycles. The van der Waals surface area contributed by atoms with E-state index in [1.807, 2.05) is 13.8 Å². The van der Waals surface area contributed by atoms with Crippen molar-refractivity contribution in [3.05, 3.63) is 74.5 Å². The molecule has 4 rings (SSSR count). The van der Waals surface area contributed by atoms with E-state index in [1.165, 1.54) is 23.9 Å². The van der Waals surface area contributed by atoms with Crippen LogP contribution in [-0.2, 0) is 20.1 Å². The van der Waals surface area contributed by atoms with E-state index >= 15 is 0 Å². The number of nitrogens with zero attached hydrogens (tertiary/aromatic N) is 3. The number of aromatic nitrogens is 2. The highest BCUT2D eigenvalue weighted by Crippen LogP contribution is 2.36. The molecule has 0 bridgehead atoms. The number of fused-ring (bicyclic) bond motifs is 1. The van der Waals surface area contributed by atoms with Gasteiger partial charge in [0.2, 0.25) is 5.88 Å². The van der Waals surface area contributed by atoms with E-state index in [1.54, 1.807) is 29.2 Å². The van der Waals surface area contributed by atoms with Crippen molar-refractivity contribution >= 4 is 17.5 Å². The summed E-state index contributed by atoms with van der Waals surface area (Å²) in [6.07, 6.45) is 1.31. The number of imidazole rings is 1. The lowest BCUT2D eigenvalue weighted by atomic mass is 9.98. The Morgan fingerprint density at radius 1 is 1.20 bits per heavy atom. The fourth-order valence-corrected chi connectivity index (χ4v) is 4.09. The quantitative estimate of drug-likeness (QED) is 0.686. The molecule has 0 spiro atoms. The monoisotopic (exact) mass is 429 g/mol. The Labute approximate surface area is 177 Å². The fraction of sp³-hybridized carbons (Fsp3) is 0.273. The van der Waals surface area contributed by atoms with Crippen LogP contribution >= 0.6 is 11.6 Å². The molecule has 156 valence electrons. The van der Waals surface area contributed by atoms with Gasteiger partial charge in [0.1, 0.15) is 5.82 Å². The molecule has 0 atom stereocenters. The highest BCUT2D eigenvalue weighted by atomic mass is 35.5. The number of carbonyl (C=O) groups is 1. The second kappa shape index (κ2) is 7.32. The lowest BCUT2D eigenvalue weighted by Crippen LogP contribution is -2.30. The number of carbonyl (C=O) groups excluding carboxylic acids is 1. The van der Waals surface area contributed by atoms with Crippen molar-refractivity contribution in [2.24, 2.45) is 7.05 Å². The van der Waals surface area contributed by atoms with Crippen LogP contribution in [0.4, 0.5) is 4.39 Å². The van der Waals surface area contributed by atoms with Crippen LogP contribution in [0.3, 0.4) is 0 Å². The Bertz CT molecular complexity index is 1230. The Balaban J connectivity index is 1.67. The molecule has 1 aromatic heterocycles. The highest BCUT2D eigenvalue weighted by Gasteiger charge is 2.32. The van der Waals surface area contributed by atoms with Gasteiger partial charge >= 0.3 is 5.69 Å². The van der Waals surface area contributed by atoms with Gasteiger partial charge in [-0.3, -0.25) is 13.9 Å². The van der Waals surface area contributed by atoms with Gasteiger partial charge in [-0.1, -0.05) is 23.7 Å². The molecule has 0 fully saturated rings. The number of aromatic hydroxyl groups is 1. The summed E-state index contributed by atoms with van der Waals surface area (Å²) in [5.41, 5.74) is 2.41. The van der Waals surface area contributed by atoms with Gasteiger partial charge in [-0.05, 0) is 48.7 Å². The zero-order chi connectivity index (χ0) is 21.7. The maximum Gasteiger partial charge on any atom is 0.331 e. The minimum absolute atomic E-state index is 0.0428. The second-order valence-corrected chi connectivity index (χ2v) is 8.20. The highest BCUT2D eigenvalue weighted by molar-refractivity contribution is 6.34. The predicted molar refractivity (Wildman–Crippen MR) is 112 cm³/mol. The van der Waals surface area contributed by atoms with E-state index in [4.69, 9.17) is 11.6 Å². The van der Waals surface area contributed by atoms with E-state index in [-0.39, 0.29) is 30.1 Å². The van der Waals surface area contributed by atoms with Crippen LogP contribution in [0.15, 0.2) is 41.3 Å². The molecular weight excluding hydrogens is 409 g/mol. The average Bonchev–Trinajstić information content (AvgIpc) is 3.14. The first-order valence-corrected chi connectivity index (χ1v) is 9.92. The SMILES string of the molecule is CC(C)N1Cc2cc(-c3ccc(Cn4cc(O)n(C)c4=O)cc3F)cc(Cl)c2C1=O. The molecule has 1 amide bonds. The van der Waals surface area contributed by atoms with Crippen molar-refractivity contribution in [2.75, 3.05) is 0 Å². The first-order chi connectivity index (χ1) is 14.2. The van der Waals surface area contributed by atoms with Gasteiger partial charge in [-0.15, -0.1) is 0 Å². The van der Waals surface area contributed by atoms with Crippen LogP contribution in [0.2, 0.25) is 5.02 Å². The largest absolute Gasteiger partial charge is 0.493 e. The van der Waals surface area contributed by atoms with Crippen molar-refractivity contribution in [1.82, 2.24) is 14.0 Å². The van der Waals surface area contributed by atoms with Crippen molar-refractivity contribution in [3.63, 3.8) is 0 Å². The van der Waals surface area contributed by atoms with Crippen LogP contribution < -0.4 is 5.69 Å². The third kappa shape index (κ3) is 3.29. The maximum atomic E-state index is 14.9.